The van der Waals surface area contributed by atoms with Crippen LogP contribution in [0.3, 0.4) is 0 Å². The van der Waals surface area contributed by atoms with Crippen LogP contribution >= 0.6 is 0 Å². The van der Waals surface area contributed by atoms with Gasteiger partial charge in [0.15, 0.2) is 0 Å². The molecule has 0 saturated heterocycles. The van der Waals surface area contributed by atoms with Crippen LogP contribution in [0.2, 0.25) is 0 Å². The third-order valence-electron chi connectivity index (χ3n) is 3.80. The van der Waals surface area contributed by atoms with Gasteiger partial charge in [-0.05, 0) is 37.3 Å². The van der Waals surface area contributed by atoms with Crippen molar-refractivity contribution in [1.29, 1.82) is 0 Å². The van der Waals surface area contributed by atoms with Gasteiger partial charge in [-0.25, -0.2) is 4.98 Å². The van der Waals surface area contributed by atoms with Crippen LogP contribution in [0, 0.1) is 6.92 Å². The Bertz CT molecular complexity index is 576. The molecule has 1 fully saturated rings. The third-order valence-corrected chi connectivity index (χ3v) is 3.80. The fraction of sp³-hybridized carbons (Fsp3) is 0.500. The van der Waals surface area contributed by atoms with E-state index in [1.165, 1.54) is 17.0 Å². The summed E-state index contributed by atoms with van der Waals surface area (Å²) in [5.41, 5.74) is 10.9. The van der Waals surface area contributed by atoms with Crippen LogP contribution in [0.25, 0.3) is 5.65 Å². The Morgan fingerprint density at radius 3 is 2.65 bits per heavy atom. The van der Waals surface area contributed by atoms with Crippen LogP contribution < -0.4 is 5.73 Å². The topological polar surface area (TPSA) is 43.3 Å². The van der Waals surface area contributed by atoms with Crippen LogP contribution in [0.15, 0.2) is 18.3 Å². The number of fused-ring (bicyclic) bond motifs is 1. The van der Waals surface area contributed by atoms with Crippen LogP contribution in [0.1, 0.15) is 49.6 Å². The molecule has 2 aromatic rings. The second kappa shape index (κ2) is 3.33. The van der Waals surface area contributed by atoms with E-state index in [0.29, 0.717) is 5.92 Å². The zero-order valence-electron chi connectivity index (χ0n) is 10.7. The SMILES string of the molecule is Cc1c(C(C)C)nc2ccc(C3(N)CC3)cn12. The summed E-state index contributed by atoms with van der Waals surface area (Å²) >= 11 is 0. The van der Waals surface area contributed by atoms with Crippen molar-refractivity contribution in [2.24, 2.45) is 5.73 Å². The number of nitrogens with two attached hydrogens (primary N) is 1. The van der Waals surface area contributed by atoms with Crippen LogP contribution in [-0.2, 0) is 5.54 Å². The molecule has 3 nitrogen and oxygen atoms in total. The lowest BCUT2D eigenvalue weighted by molar-refractivity contribution is 0.731. The fourth-order valence-corrected chi connectivity index (χ4v) is 2.45. The molecule has 1 aliphatic carbocycles. The Labute approximate surface area is 102 Å². The lowest BCUT2D eigenvalue weighted by atomic mass is 10.1. The number of nitrogens with zero attached hydrogens (tertiary/aromatic N) is 2. The summed E-state index contributed by atoms with van der Waals surface area (Å²) in [6.45, 7) is 6.50. The van der Waals surface area contributed by atoms with Gasteiger partial charge in [0.25, 0.3) is 0 Å². The number of aryl methyl sites for hydroxylation is 1. The van der Waals surface area contributed by atoms with Gasteiger partial charge in [-0.2, -0.15) is 0 Å². The zero-order valence-corrected chi connectivity index (χ0v) is 10.7. The minimum atomic E-state index is -0.0666. The van der Waals surface area contributed by atoms with Gasteiger partial charge in [0.05, 0.1) is 5.69 Å². The number of hydrogen-bond acceptors (Lipinski definition) is 2. The van der Waals surface area contributed by atoms with Gasteiger partial charge in [0, 0.05) is 17.4 Å². The molecule has 90 valence electrons. The fourth-order valence-electron chi connectivity index (χ4n) is 2.45. The van der Waals surface area contributed by atoms with E-state index in [4.69, 9.17) is 5.73 Å². The summed E-state index contributed by atoms with van der Waals surface area (Å²) in [5.74, 6) is 0.464. The molecular formula is C14H19N3. The van der Waals surface area contributed by atoms with Gasteiger partial charge in [-0.1, -0.05) is 19.9 Å². The molecule has 1 saturated carbocycles. The Hall–Kier alpha value is -1.35. The average Bonchev–Trinajstić information content (AvgIpc) is 2.95. The molecule has 2 aromatic heterocycles. The van der Waals surface area contributed by atoms with Crippen molar-refractivity contribution in [3.63, 3.8) is 0 Å². The number of hydrogen-bond donors (Lipinski definition) is 1. The molecule has 0 radical (unpaired) electrons. The van der Waals surface area contributed by atoms with Crippen LogP contribution in [-0.4, -0.2) is 9.38 Å². The van der Waals surface area contributed by atoms with Gasteiger partial charge >= 0.3 is 0 Å². The molecule has 3 rings (SSSR count). The van der Waals surface area contributed by atoms with E-state index in [9.17, 15) is 0 Å². The van der Waals surface area contributed by atoms with Crippen molar-refractivity contribution in [2.45, 2.75) is 45.1 Å². The maximum Gasteiger partial charge on any atom is 0.137 e. The van der Waals surface area contributed by atoms with E-state index in [-0.39, 0.29) is 5.54 Å². The van der Waals surface area contributed by atoms with E-state index in [1.807, 2.05) is 0 Å². The third kappa shape index (κ3) is 1.57. The number of imidazole rings is 1. The Morgan fingerprint density at radius 1 is 1.35 bits per heavy atom. The molecule has 0 spiro atoms. The van der Waals surface area contributed by atoms with E-state index in [0.717, 1.165) is 18.5 Å². The van der Waals surface area contributed by atoms with Gasteiger partial charge in [0.2, 0.25) is 0 Å². The summed E-state index contributed by atoms with van der Waals surface area (Å²) in [4.78, 5) is 4.68. The maximum absolute atomic E-state index is 6.24. The maximum atomic E-state index is 6.24. The van der Waals surface area contributed by atoms with Gasteiger partial charge in [0.1, 0.15) is 5.65 Å². The molecule has 0 aliphatic heterocycles. The minimum absolute atomic E-state index is 0.0666. The second-order valence-corrected chi connectivity index (χ2v) is 5.54. The first-order chi connectivity index (χ1) is 8.01. The first-order valence-corrected chi connectivity index (χ1v) is 6.29. The molecule has 17 heavy (non-hydrogen) atoms. The average molecular weight is 229 g/mol. The number of pyridine rings is 1. The molecule has 2 N–H and O–H groups in total. The molecule has 1 aliphatic rings. The molecule has 0 bridgehead atoms. The van der Waals surface area contributed by atoms with Crippen LogP contribution in [0.5, 0.6) is 0 Å². The number of aromatic nitrogens is 2. The van der Waals surface area contributed by atoms with Gasteiger partial charge in [-0.3, -0.25) is 0 Å². The Balaban J connectivity index is 2.18. The summed E-state index contributed by atoms with van der Waals surface area (Å²) < 4.78 is 2.18. The minimum Gasteiger partial charge on any atom is -0.321 e. The summed E-state index contributed by atoms with van der Waals surface area (Å²) in [6.07, 6.45) is 4.36. The highest BCUT2D eigenvalue weighted by Gasteiger charge is 2.40. The lowest BCUT2D eigenvalue weighted by Gasteiger charge is -2.09. The molecule has 0 aromatic carbocycles. The van der Waals surface area contributed by atoms with Crippen molar-refractivity contribution >= 4 is 5.65 Å². The van der Waals surface area contributed by atoms with Crippen molar-refractivity contribution in [3.8, 4) is 0 Å². The van der Waals surface area contributed by atoms with Gasteiger partial charge in [-0.15, -0.1) is 0 Å². The van der Waals surface area contributed by atoms with Gasteiger partial charge < -0.3 is 10.1 Å². The normalized spacial score (nSPS) is 17.9. The first-order valence-electron chi connectivity index (χ1n) is 6.29. The largest absolute Gasteiger partial charge is 0.321 e. The molecule has 0 atom stereocenters. The quantitative estimate of drug-likeness (QED) is 0.860. The Kier molecular flexibility index (Phi) is 2.11. The highest BCUT2D eigenvalue weighted by Crippen LogP contribution is 2.42. The standard InChI is InChI=1S/C14H19N3/c1-9(2)13-10(3)17-8-11(14(15)6-7-14)4-5-12(17)16-13/h4-5,8-9H,6-7,15H2,1-3H3. The summed E-state index contributed by atoms with van der Waals surface area (Å²) in [5, 5.41) is 0. The second-order valence-electron chi connectivity index (χ2n) is 5.54. The summed E-state index contributed by atoms with van der Waals surface area (Å²) in [6, 6.07) is 4.21. The van der Waals surface area contributed by atoms with Crippen molar-refractivity contribution < 1.29 is 0 Å². The lowest BCUT2D eigenvalue weighted by Crippen LogP contribution is -2.19. The first kappa shape index (κ1) is 10.8. The summed E-state index contributed by atoms with van der Waals surface area (Å²) in [7, 11) is 0. The molecule has 3 heteroatoms. The zero-order chi connectivity index (χ0) is 12.2. The number of rotatable bonds is 2. The van der Waals surface area contributed by atoms with Crippen molar-refractivity contribution in [1.82, 2.24) is 9.38 Å². The van der Waals surface area contributed by atoms with E-state index in [2.05, 4.69) is 48.5 Å². The molecule has 2 heterocycles. The van der Waals surface area contributed by atoms with E-state index >= 15 is 0 Å². The van der Waals surface area contributed by atoms with E-state index in [1.54, 1.807) is 0 Å². The highest BCUT2D eigenvalue weighted by molar-refractivity contribution is 5.46. The van der Waals surface area contributed by atoms with E-state index < -0.39 is 0 Å². The Morgan fingerprint density at radius 2 is 2.06 bits per heavy atom. The molecular weight excluding hydrogens is 210 g/mol. The van der Waals surface area contributed by atoms with Crippen LogP contribution in [0.4, 0.5) is 0 Å². The molecule has 0 amide bonds. The van der Waals surface area contributed by atoms with Crippen molar-refractivity contribution in [2.75, 3.05) is 0 Å². The van der Waals surface area contributed by atoms with Crippen molar-refractivity contribution in [3.05, 3.63) is 35.3 Å². The predicted octanol–water partition coefficient (Wildman–Crippen LogP) is 2.71. The predicted molar refractivity (Wildman–Crippen MR) is 69.1 cm³/mol. The highest BCUT2D eigenvalue weighted by atomic mass is 15.0. The molecule has 0 unspecified atom stereocenters. The monoisotopic (exact) mass is 229 g/mol. The smallest absolute Gasteiger partial charge is 0.137 e.